The van der Waals surface area contributed by atoms with Crippen molar-refractivity contribution < 1.29 is 64.1 Å². The number of aliphatic hydroxyl groups is 3. The molecule has 0 heterocycles. The Labute approximate surface area is 247 Å². The summed E-state index contributed by atoms with van der Waals surface area (Å²) in [5, 5.41) is 50.2. The molecule has 13 heteroatoms. The first kappa shape index (κ1) is 47.5. The number of hydrogen-bond donors (Lipinski definition) is 6. The zero-order valence-electron chi connectivity index (χ0n) is 24.5. The molecule has 0 aromatic heterocycles. The Morgan fingerprint density at radius 1 is 0.738 bits per heavy atom. The molecule has 240 valence electrons. The predicted octanol–water partition coefficient (Wildman–Crippen LogP) is 2.69. The number of rotatable bonds is 16. The van der Waals surface area contributed by atoms with Gasteiger partial charge in [0.15, 0.2) is 0 Å². The number of carboxylic acid groups (broad SMARTS) is 3. The average molecular weight is 603 g/mol. The highest BCUT2D eigenvalue weighted by Gasteiger charge is 2.28. The first-order valence-corrected chi connectivity index (χ1v) is 12.2. The fraction of sp³-hybridized carbons (Fsp3) is 0.414. The van der Waals surface area contributed by atoms with E-state index in [0.717, 1.165) is 31.1 Å². The number of hydrogen-bond acceptors (Lipinski definition) is 10. The molecule has 0 atom stereocenters. The molecule has 0 aliphatic heterocycles. The van der Waals surface area contributed by atoms with Gasteiger partial charge in [-0.05, 0) is 26.2 Å². The summed E-state index contributed by atoms with van der Waals surface area (Å²) in [6.07, 6.45) is 6.35. The molecule has 0 spiro atoms. The summed E-state index contributed by atoms with van der Waals surface area (Å²) in [7, 11) is 0. The highest BCUT2D eigenvalue weighted by molar-refractivity contribution is 5.87. The van der Waals surface area contributed by atoms with Gasteiger partial charge in [-0.3, -0.25) is 0 Å². The van der Waals surface area contributed by atoms with Crippen molar-refractivity contribution in [1.82, 2.24) is 0 Å². The van der Waals surface area contributed by atoms with Gasteiger partial charge in [-0.2, -0.15) is 0 Å². The predicted molar refractivity (Wildman–Crippen MR) is 157 cm³/mol. The van der Waals surface area contributed by atoms with Crippen molar-refractivity contribution in [3.05, 3.63) is 74.9 Å². The van der Waals surface area contributed by atoms with Gasteiger partial charge >= 0.3 is 29.8 Å². The Hall–Kier alpha value is -4.33. The summed E-state index contributed by atoms with van der Waals surface area (Å²) in [5.41, 5.74) is -0.255. The monoisotopic (exact) mass is 602 g/mol. The van der Waals surface area contributed by atoms with E-state index < -0.39 is 29.3 Å². The van der Waals surface area contributed by atoms with E-state index in [-0.39, 0.29) is 45.2 Å². The smallest absolute Gasteiger partial charge is 0.333 e. The Morgan fingerprint density at radius 3 is 1.38 bits per heavy atom. The number of unbranched alkanes of at least 4 members (excludes halogenated alkanes) is 1. The maximum Gasteiger partial charge on any atom is 0.333 e. The number of aliphatic hydroxyl groups excluding tert-OH is 3. The van der Waals surface area contributed by atoms with Crippen molar-refractivity contribution in [2.75, 3.05) is 33.0 Å². The number of aliphatic carboxylic acids is 3. The summed E-state index contributed by atoms with van der Waals surface area (Å²) < 4.78 is 9.58. The molecule has 0 unspecified atom stereocenters. The van der Waals surface area contributed by atoms with Crippen molar-refractivity contribution in [2.24, 2.45) is 5.41 Å². The fourth-order valence-corrected chi connectivity index (χ4v) is 1.57. The first-order chi connectivity index (χ1) is 19.5. The van der Waals surface area contributed by atoms with Crippen LogP contribution in [0.15, 0.2) is 74.9 Å². The lowest BCUT2D eigenvalue weighted by Gasteiger charge is -2.27. The van der Waals surface area contributed by atoms with Crippen molar-refractivity contribution in [1.29, 1.82) is 0 Å². The number of esters is 2. The van der Waals surface area contributed by atoms with Crippen LogP contribution in [0, 0.1) is 5.41 Å². The first-order valence-electron chi connectivity index (χ1n) is 12.2. The van der Waals surface area contributed by atoms with Gasteiger partial charge in [-0.25, -0.2) is 24.0 Å². The van der Waals surface area contributed by atoms with E-state index in [4.69, 9.17) is 35.4 Å². The molecule has 0 saturated heterocycles. The molecule has 0 fully saturated rings. The van der Waals surface area contributed by atoms with E-state index in [1.54, 1.807) is 6.92 Å². The summed E-state index contributed by atoms with van der Waals surface area (Å²) in [6, 6.07) is 0. The van der Waals surface area contributed by atoms with Gasteiger partial charge in [0.2, 0.25) is 0 Å². The normalized spacial score (nSPS) is 8.88. The molecule has 0 rings (SSSR count). The van der Waals surface area contributed by atoms with Crippen molar-refractivity contribution >= 4 is 29.8 Å². The molecule has 0 bridgehead atoms. The second-order valence-electron chi connectivity index (χ2n) is 7.86. The quantitative estimate of drug-likeness (QED) is 0.0647. The van der Waals surface area contributed by atoms with Gasteiger partial charge < -0.3 is 40.1 Å². The number of carbonyl (C=O) groups excluding carboxylic acids is 2. The standard InChI is InChI=1S/C13H24O5.C7H10O2.3C3H4O2/c1-3-4-7-18-12(17)11(2)5-6-13(8-14,9-15)10-16;1-4-5-9-7(8)6(2)3;3*1-2-3(4)5/h14-16H,2-10H2,1H3;4H,1-2,5H2,3H3;3*2H,1H2,(H,4,5). The van der Waals surface area contributed by atoms with Crippen LogP contribution in [0.3, 0.4) is 0 Å². The number of carboxylic acids is 3. The Balaban J connectivity index is -0.000000157. The fourth-order valence-electron chi connectivity index (χ4n) is 1.57. The lowest BCUT2D eigenvalue weighted by Crippen LogP contribution is -2.34. The van der Waals surface area contributed by atoms with E-state index in [9.17, 15) is 24.0 Å². The molecule has 0 amide bonds. The van der Waals surface area contributed by atoms with Gasteiger partial charge in [0.1, 0.15) is 6.61 Å². The minimum atomic E-state index is -0.981. The molecule has 13 nitrogen and oxygen atoms in total. The van der Waals surface area contributed by atoms with Crippen LogP contribution in [-0.2, 0) is 33.4 Å². The largest absolute Gasteiger partial charge is 0.478 e. The minimum absolute atomic E-state index is 0.256. The molecular weight excluding hydrogens is 556 g/mol. The SMILES string of the molecule is C=C(CCC(CO)(CO)CO)C(=O)OCCCC.C=CC(=O)O.C=CC(=O)O.C=CC(=O)O.C=CCOC(=O)C(=C)C. The summed E-state index contributed by atoms with van der Waals surface area (Å²) >= 11 is 0. The van der Waals surface area contributed by atoms with E-state index in [1.165, 1.54) is 6.08 Å². The molecule has 0 aromatic rings. The van der Waals surface area contributed by atoms with Crippen LogP contribution in [0.25, 0.3) is 0 Å². The van der Waals surface area contributed by atoms with E-state index in [0.29, 0.717) is 17.8 Å². The van der Waals surface area contributed by atoms with Crippen LogP contribution in [0.5, 0.6) is 0 Å². The molecule has 0 aliphatic rings. The van der Waals surface area contributed by atoms with Crippen molar-refractivity contribution in [3.8, 4) is 0 Å². The van der Waals surface area contributed by atoms with E-state index in [2.05, 4.69) is 44.2 Å². The molecular formula is C29H46O13. The molecule has 0 aliphatic carbocycles. The highest BCUT2D eigenvalue weighted by Crippen LogP contribution is 2.24. The second kappa shape index (κ2) is 32.9. The van der Waals surface area contributed by atoms with Crippen molar-refractivity contribution in [2.45, 2.75) is 39.5 Å². The molecule has 0 saturated carbocycles. The molecule has 42 heavy (non-hydrogen) atoms. The summed E-state index contributed by atoms with van der Waals surface area (Å²) in [6.45, 7) is 22.5. The van der Waals surface area contributed by atoms with Gasteiger partial charge in [-0.15, -0.1) is 0 Å². The summed E-state index contributed by atoms with van der Waals surface area (Å²) in [4.78, 5) is 49.8. The number of carbonyl (C=O) groups is 5. The highest BCUT2D eigenvalue weighted by atomic mass is 16.5. The maximum atomic E-state index is 11.5. The molecule has 0 radical (unpaired) electrons. The second-order valence-corrected chi connectivity index (χ2v) is 7.86. The maximum absolute atomic E-state index is 11.5. The lowest BCUT2D eigenvalue weighted by atomic mass is 9.84. The summed E-state index contributed by atoms with van der Waals surface area (Å²) in [5.74, 6) is -3.76. The zero-order chi connectivity index (χ0) is 34.1. The lowest BCUT2D eigenvalue weighted by molar-refractivity contribution is -0.139. The minimum Gasteiger partial charge on any atom is -0.478 e. The van der Waals surface area contributed by atoms with Crippen LogP contribution < -0.4 is 0 Å². The van der Waals surface area contributed by atoms with Crippen LogP contribution in [0.4, 0.5) is 0 Å². The average Bonchev–Trinajstić information content (AvgIpc) is 2.97. The van der Waals surface area contributed by atoms with Crippen LogP contribution in [-0.4, -0.2) is 93.5 Å². The Morgan fingerprint density at radius 2 is 1.12 bits per heavy atom. The van der Waals surface area contributed by atoms with Crippen LogP contribution in [0.2, 0.25) is 0 Å². The van der Waals surface area contributed by atoms with Crippen LogP contribution in [0.1, 0.15) is 39.5 Å². The topological polar surface area (TPSA) is 225 Å². The Bertz CT molecular complexity index is 818. The number of ether oxygens (including phenoxy) is 2. The van der Waals surface area contributed by atoms with Gasteiger partial charge in [0.25, 0.3) is 0 Å². The van der Waals surface area contributed by atoms with Gasteiger partial charge in [-0.1, -0.05) is 58.9 Å². The van der Waals surface area contributed by atoms with Crippen molar-refractivity contribution in [3.63, 3.8) is 0 Å². The molecule has 0 aromatic carbocycles. The van der Waals surface area contributed by atoms with Gasteiger partial charge in [0, 0.05) is 34.8 Å². The molecule has 6 N–H and O–H groups in total. The third-order valence-corrected chi connectivity index (χ3v) is 4.19. The third kappa shape index (κ3) is 37.8. The third-order valence-electron chi connectivity index (χ3n) is 4.19. The van der Waals surface area contributed by atoms with Crippen LogP contribution >= 0.6 is 0 Å². The van der Waals surface area contributed by atoms with E-state index in [1.807, 2.05) is 6.92 Å². The zero-order valence-corrected chi connectivity index (χ0v) is 24.5. The van der Waals surface area contributed by atoms with E-state index >= 15 is 0 Å². The van der Waals surface area contributed by atoms with Gasteiger partial charge in [0.05, 0.1) is 26.4 Å². The Kier molecular flexibility index (Phi) is 37.2.